The molecular weight excluding hydrogens is 460 g/mol. The molecule has 5 saturated carbocycles. The molecule has 0 aromatic heterocycles. The fraction of sp³-hybridized carbons (Fsp3) is 0.938. The van der Waals surface area contributed by atoms with E-state index in [0.29, 0.717) is 35.5 Å². The molecule has 210 valence electrons. The molecule has 5 fully saturated rings. The lowest BCUT2D eigenvalue weighted by Gasteiger charge is -2.74. The number of amides is 2. The van der Waals surface area contributed by atoms with Crippen molar-refractivity contribution in [2.45, 2.75) is 132 Å². The van der Waals surface area contributed by atoms with Crippen LogP contribution in [0.5, 0.6) is 0 Å². The number of hydrogen-bond donors (Lipinski definition) is 3. The average molecular weight is 515 g/mol. The van der Waals surface area contributed by atoms with Gasteiger partial charge < -0.3 is 16.2 Å². The highest BCUT2D eigenvalue weighted by Crippen LogP contribution is 2.77. The molecule has 2 amide bonds. The molecule has 5 nitrogen and oxygen atoms in total. The SMILES string of the molecule is CC(=O)N[C@]1(O)CC[C@@]2(C)C(CC[C@]3(C)[C@@H]2CC[C@@H]2[C@H]4C[C@@](C)(C(N)=O)CC[C@]4(C)CC[C@]23C)C1(C)C. The van der Waals surface area contributed by atoms with Crippen molar-refractivity contribution in [2.24, 2.45) is 61.9 Å². The Kier molecular flexibility index (Phi) is 5.92. The number of nitrogens with one attached hydrogen (secondary N) is 1. The highest BCUT2D eigenvalue weighted by Gasteiger charge is 2.71. The summed E-state index contributed by atoms with van der Waals surface area (Å²) in [5.74, 6) is 1.93. The van der Waals surface area contributed by atoms with Gasteiger partial charge in [-0.05, 0) is 116 Å². The zero-order valence-electron chi connectivity index (χ0n) is 24.9. The Morgan fingerprint density at radius 3 is 2.03 bits per heavy atom. The van der Waals surface area contributed by atoms with Crippen molar-refractivity contribution in [2.75, 3.05) is 0 Å². The molecule has 0 aromatic carbocycles. The van der Waals surface area contributed by atoms with Crippen LogP contribution in [0.2, 0.25) is 0 Å². The number of hydrogen-bond acceptors (Lipinski definition) is 3. The van der Waals surface area contributed by atoms with E-state index < -0.39 is 5.72 Å². The van der Waals surface area contributed by atoms with Gasteiger partial charge in [-0.2, -0.15) is 0 Å². The van der Waals surface area contributed by atoms with Crippen LogP contribution in [0.3, 0.4) is 0 Å². The van der Waals surface area contributed by atoms with Gasteiger partial charge in [0.05, 0.1) is 0 Å². The smallest absolute Gasteiger partial charge is 0.223 e. The summed E-state index contributed by atoms with van der Waals surface area (Å²) in [6.07, 6.45) is 11.9. The van der Waals surface area contributed by atoms with E-state index in [-0.39, 0.29) is 38.9 Å². The van der Waals surface area contributed by atoms with Crippen LogP contribution in [0.1, 0.15) is 126 Å². The highest BCUT2D eigenvalue weighted by molar-refractivity contribution is 5.80. The van der Waals surface area contributed by atoms with Crippen LogP contribution in [0.25, 0.3) is 0 Å². The van der Waals surface area contributed by atoms with Gasteiger partial charge in [-0.15, -0.1) is 0 Å². The van der Waals surface area contributed by atoms with Crippen LogP contribution in [0, 0.1) is 56.2 Å². The molecule has 0 radical (unpaired) electrons. The maximum absolute atomic E-state index is 12.5. The zero-order valence-corrected chi connectivity index (χ0v) is 24.9. The van der Waals surface area contributed by atoms with E-state index in [1.165, 1.54) is 39.0 Å². The van der Waals surface area contributed by atoms with Gasteiger partial charge >= 0.3 is 0 Å². The molecule has 5 rings (SSSR count). The van der Waals surface area contributed by atoms with Gasteiger partial charge in [-0.1, -0.05) is 48.5 Å². The molecule has 5 aliphatic rings. The van der Waals surface area contributed by atoms with E-state index in [0.717, 1.165) is 32.1 Å². The standard InChI is InChI=1S/C32H54N2O3/c1-20(35)34-32(37)18-16-29(6)23(26(32,2)3)11-12-31(8)24(29)10-9-21-22-19-28(5,25(33)36)14-13-27(22,4)15-17-30(21,31)7/h21-24,37H,9-19H2,1-8H3,(H2,33,36)(H,34,35)/t21-,22-,23?,24-,27-,28+,29+,30-,31-,32+/m1/s1. The highest BCUT2D eigenvalue weighted by atomic mass is 16.3. The van der Waals surface area contributed by atoms with Crippen molar-refractivity contribution >= 4 is 11.8 Å². The third-order valence-corrected chi connectivity index (χ3v) is 14.7. The summed E-state index contributed by atoms with van der Waals surface area (Å²) in [6.45, 7) is 18.3. The Balaban J connectivity index is 1.50. The predicted molar refractivity (Wildman–Crippen MR) is 147 cm³/mol. The quantitative estimate of drug-likeness (QED) is 0.384. The largest absolute Gasteiger partial charge is 0.370 e. The molecule has 10 atom stereocenters. The van der Waals surface area contributed by atoms with Crippen molar-refractivity contribution in [3.63, 3.8) is 0 Å². The van der Waals surface area contributed by atoms with Crippen LogP contribution < -0.4 is 11.1 Å². The van der Waals surface area contributed by atoms with Gasteiger partial charge in [-0.25, -0.2) is 0 Å². The molecule has 0 bridgehead atoms. The summed E-state index contributed by atoms with van der Waals surface area (Å²) >= 11 is 0. The monoisotopic (exact) mass is 514 g/mol. The van der Waals surface area contributed by atoms with Crippen LogP contribution in [0.4, 0.5) is 0 Å². The van der Waals surface area contributed by atoms with Gasteiger partial charge in [0.15, 0.2) is 0 Å². The summed E-state index contributed by atoms with van der Waals surface area (Å²) in [6, 6.07) is 0. The van der Waals surface area contributed by atoms with Crippen LogP contribution in [0.15, 0.2) is 0 Å². The lowest BCUT2D eigenvalue weighted by atomic mass is 9.31. The van der Waals surface area contributed by atoms with Crippen LogP contribution in [-0.4, -0.2) is 22.6 Å². The first-order valence-corrected chi connectivity index (χ1v) is 15.2. The van der Waals surface area contributed by atoms with E-state index in [1.807, 2.05) is 0 Å². The van der Waals surface area contributed by atoms with Crippen molar-refractivity contribution in [1.29, 1.82) is 0 Å². The number of carbonyl (C=O) groups is 2. The number of rotatable bonds is 2. The maximum atomic E-state index is 12.5. The van der Waals surface area contributed by atoms with Gasteiger partial charge in [0.1, 0.15) is 5.72 Å². The summed E-state index contributed by atoms with van der Waals surface area (Å²) < 4.78 is 0. The van der Waals surface area contributed by atoms with Gasteiger partial charge in [0.25, 0.3) is 0 Å². The second kappa shape index (κ2) is 7.98. The molecule has 0 saturated heterocycles. The Bertz CT molecular complexity index is 995. The van der Waals surface area contributed by atoms with E-state index in [1.54, 1.807) is 0 Å². The van der Waals surface area contributed by atoms with Crippen molar-refractivity contribution in [3.05, 3.63) is 0 Å². The molecule has 4 N–H and O–H groups in total. The topological polar surface area (TPSA) is 92.4 Å². The van der Waals surface area contributed by atoms with Crippen molar-refractivity contribution in [3.8, 4) is 0 Å². The molecule has 37 heavy (non-hydrogen) atoms. The molecule has 0 spiro atoms. The number of carbonyl (C=O) groups excluding carboxylic acids is 2. The molecule has 0 aromatic rings. The first-order valence-electron chi connectivity index (χ1n) is 15.2. The summed E-state index contributed by atoms with van der Waals surface area (Å²) in [7, 11) is 0. The second-order valence-electron chi connectivity index (χ2n) is 16.3. The Morgan fingerprint density at radius 2 is 1.41 bits per heavy atom. The third kappa shape index (κ3) is 3.43. The minimum absolute atomic E-state index is 0.106. The summed E-state index contributed by atoms with van der Waals surface area (Å²) in [5, 5.41) is 14.7. The van der Waals surface area contributed by atoms with E-state index in [2.05, 4.69) is 53.8 Å². The fourth-order valence-corrected chi connectivity index (χ4v) is 11.9. The second-order valence-corrected chi connectivity index (χ2v) is 16.3. The Morgan fingerprint density at radius 1 is 0.757 bits per heavy atom. The zero-order chi connectivity index (χ0) is 27.4. The Hall–Kier alpha value is -1.10. The minimum atomic E-state index is -1.15. The van der Waals surface area contributed by atoms with Crippen molar-refractivity contribution < 1.29 is 14.7 Å². The van der Waals surface area contributed by atoms with Gasteiger partial charge in [0, 0.05) is 17.8 Å². The van der Waals surface area contributed by atoms with E-state index in [4.69, 9.17) is 5.73 Å². The molecule has 5 heteroatoms. The van der Waals surface area contributed by atoms with Gasteiger partial charge in [-0.3, -0.25) is 9.59 Å². The van der Waals surface area contributed by atoms with Crippen LogP contribution >= 0.6 is 0 Å². The molecule has 5 aliphatic carbocycles. The van der Waals surface area contributed by atoms with Crippen LogP contribution in [-0.2, 0) is 9.59 Å². The fourth-order valence-electron chi connectivity index (χ4n) is 11.9. The Labute approximate surface area is 225 Å². The lowest BCUT2D eigenvalue weighted by Crippen LogP contribution is -2.71. The van der Waals surface area contributed by atoms with E-state index >= 15 is 0 Å². The first-order chi connectivity index (χ1) is 16.9. The molecule has 0 heterocycles. The average Bonchev–Trinajstić information content (AvgIpc) is 2.78. The number of nitrogens with two attached hydrogens (primary N) is 1. The summed E-state index contributed by atoms with van der Waals surface area (Å²) in [4.78, 5) is 24.6. The summed E-state index contributed by atoms with van der Waals surface area (Å²) in [5.41, 5.74) is 5.03. The number of primary amides is 1. The molecule has 1 unspecified atom stereocenters. The maximum Gasteiger partial charge on any atom is 0.223 e. The van der Waals surface area contributed by atoms with E-state index in [9.17, 15) is 14.7 Å². The van der Waals surface area contributed by atoms with Gasteiger partial charge in [0.2, 0.25) is 11.8 Å². The molecular formula is C32H54N2O3. The minimum Gasteiger partial charge on any atom is -0.370 e. The third-order valence-electron chi connectivity index (χ3n) is 14.7. The molecule has 0 aliphatic heterocycles. The normalized spacial score (nSPS) is 54.6. The van der Waals surface area contributed by atoms with Crippen molar-refractivity contribution in [1.82, 2.24) is 5.32 Å². The predicted octanol–water partition coefficient (Wildman–Crippen LogP) is 6.18. The first kappa shape index (κ1) is 27.5. The number of fused-ring (bicyclic) bond motifs is 7. The lowest BCUT2D eigenvalue weighted by molar-refractivity contribution is -0.272. The number of aliphatic hydroxyl groups is 1.